The first-order valence-electron chi connectivity index (χ1n) is 4.55. The Kier molecular flexibility index (Phi) is 12.6. The van der Waals surface area contributed by atoms with Crippen LogP contribution in [0, 0.1) is 0 Å². The van der Waals surface area contributed by atoms with Crippen LogP contribution >= 0.6 is 0 Å². The van der Waals surface area contributed by atoms with Crippen molar-refractivity contribution >= 4 is 67.4 Å². The van der Waals surface area contributed by atoms with Gasteiger partial charge in [-0.1, -0.05) is 0 Å². The van der Waals surface area contributed by atoms with Crippen LogP contribution in [0.4, 0.5) is 0 Å². The predicted molar refractivity (Wildman–Crippen MR) is 63.4 cm³/mol. The molecule has 0 spiro atoms. The molecular weight excluding hydrogens is 308 g/mol. The third-order valence-electron chi connectivity index (χ3n) is 1.59. The molecule has 5 N–H and O–H groups in total. The van der Waals surface area contributed by atoms with Gasteiger partial charge in [-0.2, -0.15) is 0 Å². The van der Waals surface area contributed by atoms with Gasteiger partial charge in [0, 0.05) is 6.92 Å². The molecule has 0 aliphatic rings. The first-order valence-corrected chi connectivity index (χ1v) is 4.55. The summed E-state index contributed by atoms with van der Waals surface area (Å²) in [5, 5.41) is 41.5. The summed E-state index contributed by atoms with van der Waals surface area (Å²) in [5.74, 6) is -7.22. The van der Waals surface area contributed by atoms with Gasteiger partial charge in [0.1, 0.15) is 0 Å². The van der Waals surface area contributed by atoms with E-state index in [1.807, 2.05) is 0 Å². The summed E-state index contributed by atoms with van der Waals surface area (Å²) >= 11 is 0. The van der Waals surface area contributed by atoms with Crippen molar-refractivity contribution in [2.45, 2.75) is 25.4 Å². The summed E-state index contributed by atoms with van der Waals surface area (Å²) in [4.78, 5) is 49.4. The molecule has 0 atom stereocenters. The van der Waals surface area contributed by atoms with E-state index in [0.29, 0.717) is 0 Å². The van der Waals surface area contributed by atoms with E-state index in [1.54, 1.807) is 0 Å². The van der Waals surface area contributed by atoms with Gasteiger partial charge in [0.2, 0.25) is 5.78 Å². The molecule has 0 aliphatic heterocycles. The van der Waals surface area contributed by atoms with Gasteiger partial charge in [0.15, 0.2) is 5.60 Å². The second kappa shape index (κ2) is 10.5. The zero-order valence-corrected chi connectivity index (χ0v) is 12.6. The van der Waals surface area contributed by atoms with E-state index in [-0.39, 0.29) is 40.6 Å². The van der Waals surface area contributed by atoms with Crippen molar-refractivity contribution in [2.75, 3.05) is 0 Å². The number of aliphatic carboxylic acids is 4. The van der Waals surface area contributed by atoms with E-state index < -0.39 is 48.1 Å². The SMILES string of the molecule is CC(=O)C(=O)O.O=C(O)CC(O)(CC(=O)O)C(=O)O.[Ca+2].[H-].[H-]. The minimum Gasteiger partial charge on any atom is -1.00 e. The fourth-order valence-corrected chi connectivity index (χ4v) is 0.714. The van der Waals surface area contributed by atoms with Crippen LogP contribution in [-0.2, 0) is 24.0 Å². The van der Waals surface area contributed by atoms with E-state index in [2.05, 4.69) is 0 Å². The fraction of sp³-hybridized carbons (Fsp3) is 0.444. The van der Waals surface area contributed by atoms with Gasteiger partial charge < -0.3 is 28.4 Å². The van der Waals surface area contributed by atoms with Gasteiger partial charge in [0.25, 0.3) is 0 Å². The quantitative estimate of drug-likeness (QED) is 0.277. The van der Waals surface area contributed by atoms with Crippen LogP contribution in [0.1, 0.15) is 22.6 Å². The predicted octanol–water partition coefficient (Wildman–Crippen LogP) is -1.74. The van der Waals surface area contributed by atoms with Crippen LogP contribution in [0.5, 0.6) is 0 Å². The van der Waals surface area contributed by atoms with Crippen molar-refractivity contribution in [3.05, 3.63) is 0 Å². The molecule has 0 aromatic heterocycles. The van der Waals surface area contributed by atoms with Crippen molar-refractivity contribution in [2.24, 2.45) is 0 Å². The Morgan fingerprint density at radius 3 is 1.25 bits per heavy atom. The Balaban J connectivity index is -0.0000000933. The molecule has 0 heterocycles. The smallest absolute Gasteiger partial charge is 1.00 e. The molecule has 0 amide bonds. The number of carbonyl (C=O) groups excluding carboxylic acids is 1. The second-order valence-corrected chi connectivity index (χ2v) is 3.34. The Morgan fingerprint density at radius 2 is 1.15 bits per heavy atom. The van der Waals surface area contributed by atoms with Crippen LogP contribution in [0.3, 0.4) is 0 Å². The average Bonchev–Trinajstić information content (AvgIpc) is 2.14. The topological polar surface area (TPSA) is 186 Å². The average molecular weight is 322 g/mol. The van der Waals surface area contributed by atoms with Gasteiger partial charge in [-0.3, -0.25) is 14.4 Å². The number of hydrogen-bond acceptors (Lipinski definition) is 6. The number of carboxylic acids is 4. The summed E-state index contributed by atoms with van der Waals surface area (Å²) in [6.07, 6.45) is -2.29. The molecule has 0 radical (unpaired) electrons. The Labute approximate surface area is 145 Å². The number of carboxylic acid groups (broad SMARTS) is 4. The molecule has 112 valence electrons. The molecule has 0 rings (SSSR count). The van der Waals surface area contributed by atoms with E-state index in [9.17, 15) is 24.0 Å². The van der Waals surface area contributed by atoms with Crippen LogP contribution in [0.25, 0.3) is 0 Å². The van der Waals surface area contributed by atoms with Crippen LogP contribution in [0.2, 0.25) is 0 Å². The number of ketones is 1. The monoisotopic (exact) mass is 322 g/mol. The van der Waals surface area contributed by atoms with Crippen LogP contribution < -0.4 is 0 Å². The Morgan fingerprint density at radius 1 is 0.900 bits per heavy atom. The number of carbonyl (C=O) groups is 5. The van der Waals surface area contributed by atoms with E-state index in [4.69, 9.17) is 25.5 Å². The van der Waals surface area contributed by atoms with Crippen molar-refractivity contribution in [1.29, 1.82) is 0 Å². The maximum Gasteiger partial charge on any atom is 2.00 e. The van der Waals surface area contributed by atoms with Crippen LogP contribution in [-0.4, -0.2) is 98.5 Å². The van der Waals surface area contributed by atoms with Gasteiger partial charge in [-0.15, -0.1) is 0 Å². The number of aliphatic hydroxyl groups is 1. The third-order valence-corrected chi connectivity index (χ3v) is 1.59. The summed E-state index contributed by atoms with van der Waals surface area (Å²) in [6, 6.07) is 0. The standard InChI is InChI=1S/C6H8O7.C3H4O3.Ca.2H/c7-3(8)1-6(13,5(11)12)2-4(9)10;1-2(4)3(5)6;;;/h13H,1-2H2,(H,7,8)(H,9,10)(H,11,12);1H3,(H,5,6);;;/q;;+2;2*-1. The second-order valence-electron chi connectivity index (χ2n) is 3.34. The summed E-state index contributed by atoms with van der Waals surface area (Å²) in [5.41, 5.74) is -2.74. The Hall–Kier alpha value is -1.23. The number of rotatable bonds is 6. The van der Waals surface area contributed by atoms with Gasteiger partial charge >= 0.3 is 61.6 Å². The zero-order chi connectivity index (χ0) is 15.8. The molecule has 11 heteroatoms. The molecule has 0 saturated heterocycles. The summed E-state index contributed by atoms with van der Waals surface area (Å²) in [7, 11) is 0. The molecular formula is C9H14CaO10. The molecule has 0 fully saturated rings. The molecule has 0 aromatic rings. The third kappa shape index (κ3) is 11.8. The van der Waals surface area contributed by atoms with Crippen molar-refractivity contribution < 1.29 is 52.4 Å². The van der Waals surface area contributed by atoms with Gasteiger partial charge in [-0.05, 0) is 0 Å². The maximum absolute atomic E-state index is 10.3. The molecule has 0 bridgehead atoms. The van der Waals surface area contributed by atoms with Gasteiger partial charge in [0.05, 0.1) is 12.8 Å². The molecule has 0 saturated carbocycles. The van der Waals surface area contributed by atoms with Crippen molar-refractivity contribution in [1.82, 2.24) is 0 Å². The number of hydrogen-bond donors (Lipinski definition) is 5. The first-order chi connectivity index (χ1) is 8.42. The van der Waals surface area contributed by atoms with Crippen molar-refractivity contribution in [3.8, 4) is 0 Å². The van der Waals surface area contributed by atoms with E-state index in [0.717, 1.165) is 6.92 Å². The number of Topliss-reactive ketones (excluding diaryl/α,β-unsaturated/α-hetero) is 1. The molecule has 0 unspecified atom stereocenters. The van der Waals surface area contributed by atoms with E-state index in [1.165, 1.54) is 0 Å². The van der Waals surface area contributed by atoms with Crippen LogP contribution in [0.15, 0.2) is 0 Å². The largest absolute Gasteiger partial charge is 2.00 e. The maximum atomic E-state index is 10.3. The molecule has 10 nitrogen and oxygen atoms in total. The summed E-state index contributed by atoms with van der Waals surface area (Å²) < 4.78 is 0. The molecule has 0 aromatic carbocycles. The van der Waals surface area contributed by atoms with Gasteiger partial charge in [-0.25, -0.2) is 9.59 Å². The Bertz CT molecular complexity index is 383. The van der Waals surface area contributed by atoms with E-state index >= 15 is 0 Å². The zero-order valence-electron chi connectivity index (χ0n) is 12.4. The molecule has 20 heavy (non-hydrogen) atoms. The molecule has 0 aliphatic carbocycles. The summed E-state index contributed by atoms with van der Waals surface area (Å²) in [6.45, 7) is 1.00. The normalized spacial score (nSPS) is 9.30. The fourth-order valence-electron chi connectivity index (χ4n) is 0.714. The van der Waals surface area contributed by atoms with Crippen molar-refractivity contribution in [3.63, 3.8) is 0 Å². The first kappa shape index (κ1) is 23.8. The minimum atomic E-state index is -2.74. The minimum absolute atomic E-state index is 0.